The molecule has 1 aliphatic heterocycles. The van der Waals surface area contributed by atoms with Crippen LogP contribution >= 0.6 is 15.9 Å². The van der Waals surface area contributed by atoms with Crippen LogP contribution < -0.4 is 19.7 Å². The van der Waals surface area contributed by atoms with Crippen molar-refractivity contribution in [1.29, 1.82) is 0 Å². The minimum Gasteiger partial charge on any atom is -0.497 e. The Morgan fingerprint density at radius 1 is 1.13 bits per heavy atom. The number of nitrogens with one attached hydrogen (secondary N) is 1. The third-order valence-electron chi connectivity index (χ3n) is 4.61. The van der Waals surface area contributed by atoms with Gasteiger partial charge in [-0.3, -0.25) is 14.4 Å². The second-order valence-electron chi connectivity index (χ2n) is 6.61. The first-order valence-corrected chi connectivity index (χ1v) is 9.95. The van der Waals surface area contributed by atoms with Crippen molar-refractivity contribution in [3.05, 3.63) is 46.9 Å². The molecule has 30 heavy (non-hydrogen) atoms. The predicted octanol–water partition coefficient (Wildman–Crippen LogP) is 3.00. The van der Waals surface area contributed by atoms with E-state index in [4.69, 9.17) is 14.2 Å². The normalized spacial score (nSPS) is 15.6. The average molecular weight is 477 g/mol. The Hall–Kier alpha value is -3.07. The SMILES string of the molecule is COc1ccc(N2C[C@@H](C(=O)OCC(=O)Nc3ccc(Br)cc3)CC2=O)c(OC)c1. The third-order valence-corrected chi connectivity index (χ3v) is 5.14. The summed E-state index contributed by atoms with van der Waals surface area (Å²) >= 11 is 3.31. The van der Waals surface area contributed by atoms with Gasteiger partial charge >= 0.3 is 5.97 Å². The van der Waals surface area contributed by atoms with Gasteiger partial charge in [-0.25, -0.2) is 0 Å². The number of ether oxygens (including phenoxy) is 3. The molecule has 3 rings (SSSR count). The van der Waals surface area contributed by atoms with E-state index in [1.807, 2.05) is 0 Å². The predicted molar refractivity (Wildman–Crippen MR) is 114 cm³/mol. The fraction of sp³-hybridized carbons (Fsp3) is 0.286. The Kier molecular flexibility index (Phi) is 6.94. The minimum atomic E-state index is -0.662. The Labute approximate surface area is 182 Å². The van der Waals surface area contributed by atoms with Gasteiger partial charge in [-0.1, -0.05) is 15.9 Å². The van der Waals surface area contributed by atoms with E-state index in [9.17, 15) is 14.4 Å². The molecule has 0 saturated carbocycles. The molecule has 0 aromatic heterocycles. The number of esters is 1. The van der Waals surface area contributed by atoms with Gasteiger partial charge in [0.05, 0.1) is 25.8 Å². The summed E-state index contributed by atoms with van der Waals surface area (Å²) in [7, 11) is 3.03. The van der Waals surface area contributed by atoms with Crippen molar-refractivity contribution in [3.63, 3.8) is 0 Å². The molecule has 2 aromatic carbocycles. The van der Waals surface area contributed by atoms with Gasteiger partial charge in [0.2, 0.25) is 5.91 Å². The molecule has 0 radical (unpaired) electrons. The highest BCUT2D eigenvalue weighted by Gasteiger charge is 2.37. The van der Waals surface area contributed by atoms with Gasteiger partial charge in [-0.15, -0.1) is 0 Å². The standard InChI is InChI=1S/C21H21BrN2O6/c1-28-16-7-8-17(18(10-16)29-2)24-11-13(9-20(24)26)21(27)30-12-19(25)23-15-5-3-14(22)4-6-15/h3-8,10,13H,9,11-12H2,1-2H3,(H,23,25)/t13-/m0/s1. The van der Waals surface area contributed by atoms with Gasteiger partial charge in [-0.05, 0) is 36.4 Å². The molecular formula is C21H21BrN2O6. The summed E-state index contributed by atoms with van der Waals surface area (Å²) < 4.78 is 16.5. The molecule has 0 aliphatic carbocycles. The van der Waals surface area contributed by atoms with Crippen LogP contribution in [0.2, 0.25) is 0 Å². The number of hydrogen-bond donors (Lipinski definition) is 1. The van der Waals surface area contributed by atoms with Crippen molar-refractivity contribution in [3.8, 4) is 11.5 Å². The summed E-state index contributed by atoms with van der Waals surface area (Å²) in [5, 5.41) is 2.64. The quantitative estimate of drug-likeness (QED) is 0.617. The molecule has 1 heterocycles. The van der Waals surface area contributed by atoms with E-state index in [1.54, 1.807) is 42.5 Å². The molecular weight excluding hydrogens is 456 g/mol. The van der Waals surface area contributed by atoms with Crippen LogP contribution in [-0.2, 0) is 19.1 Å². The number of nitrogens with zero attached hydrogens (tertiary/aromatic N) is 1. The van der Waals surface area contributed by atoms with Crippen LogP contribution in [-0.4, -0.2) is 45.2 Å². The molecule has 1 aliphatic rings. The number of hydrogen-bond acceptors (Lipinski definition) is 6. The number of methoxy groups -OCH3 is 2. The molecule has 8 nitrogen and oxygen atoms in total. The van der Waals surface area contributed by atoms with E-state index in [0.29, 0.717) is 22.9 Å². The number of rotatable bonds is 7. The molecule has 1 fully saturated rings. The summed E-state index contributed by atoms with van der Waals surface area (Å²) in [6.45, 7) is -0.278. The zero-order chi connectivity index (χ0) is 21.7. The molecule has 0 bridgehead atoms. The number of amides is 2. The van der Waals surface area contributed by atoms with Crippen LogP contribution in [0.4, 0.5) is 11.4 Å². The fourth-order valence-electron chi connectivity index (χ4n) is 3.09. The smallest absolute Gasteiger partial charge is 0.311 e. The number of benzene rings is 2. The zero-order valence-electron chi connectivity index (χ0n) is 16.5. The van der Waals surface area contributed by atoms with Gasteiger partial charge < -0.3 is 24.4 Å². The van der Waals surface area contributed by atoms with Crippen LogP contribution in [0.25, 0.3) is 0 Å². The maximum atomic E-state index is 12.5. The number of anilines is 2. The highest BCUT2D eigenvalue weighted by molar-refractivity contribution is 9.10. The van der Waals surface area contributed by atoms with E-state index < -0.39 is 24.4 Å². The van der Waals surface area contributed by atoms with Gasteiger partial charge in [0.25, 0.3) is 5.91 Å². The van der Waals surface area contributed by atoms with Crippen LogP contribution in [0.3, 0.4) is 0 Å². The van der Waals surface area contributed by atoms with Crippen LogP contribution in [0, 0.1) is 5.92 Å². The van der Waals surface area contributed by atoms with Crippen molar-refractivity contribution in [2.24, 2.45) is 5.92 Å². The second-order valence-corrected chi connectivity index (χ2v) is 7.52. The van der Waals surface area contributed by atoms with Gasteiger partial charge in [0.1, 0.15) is 11.5 Å². The molecule has 0 spiro atoms. The first-order chi connectivity index (χ1) is 14.4. The molecule has 1 atom stereocenters. The average Bonchev–Trinajstić information content (AvgIpc) is 3.14. The maximum Gasteiger partial charge on any atom is 0.311 e. The summed E-state index contributed by atoms with van der Waals surface area (Å²) in [6, 6.07) is 12.1. The fourth-order valence-corrected chi connectivity index (χ4v) is 3.36. The lowest BCUT2D eigenvalue weighted by atomic mass is 10.1. The first kappa shape index (κ1) is 21.6. The van der Waals surface area contributed by atoms with Crippen molar-refractivity contribution >= 4 is 45.1 Å². The Morgan fingerprint density at radius 2 is 1.87 bits per heavy atom. The summed E-state index contributed by atoms with van der Waals surface area (Å²) in [6.07, 6.45) is 0.00233. The van der Waals surface area contributed by atoms with Crippen LogP contribution in [0.1, 0.15) is 6.42 Å². The third kappa shape index (κ3) is 5.10. The summed E-state index contributed by atoms with van der Waals surface area (Å²) in [5.74, 6) is -0.877. The first-order valence-electron chi connectivity index (χ1n) is 9.15. The minimum absolute atomic E-state index is 0.00233. The van der Waals surface area contributed by atoms with Crippen LogP contribution in [0.15, 0.2) is 46.9 Å². The molecule has 2 aromatic rings. The molecule has 158 valence electrons. The largest absolute Gasteiger partial charge is 0.497 e. The summed E-state index contributed by atoms with van der Waals surface area (Å²) in [4.78, 5) is 38.3. The van der Waals surface area contributed by atoms with Crippen molar-refractivity contribution < 1.29 is 28.6 Å². The topological polar surface area (TPSA) is 94.2 Å². The van der Waals surface area contributed by atoms with E-state index in [-0.39, 0.29) is 18.9 Å². The summed E-state index contributed by atoms with van der Waals surface area (Å²) in [5.41, 5.74) is 1.14. The second kappa shape index (κ2) is 9.62. The number of carbonyl (C=O) groups excluding carboxylic acids is 3. The van der Waals surface area contributed by atoms with E-state index >= 15 is 0 Å². The molecule has 1 N–H and O–H groups in total. The van der Waals surface area contributed by atoms with Crippen molar-refractivity contribution in [1.82, 2.24) is 0 Å². The van der Waals surface area contributed by atoms with E-state index in [0.717, 1.165) is 4.47 Å². The highest BCUT2D eigenvalue weighted by atomic mass is 79.9. The molecule has 9 heteroatoms. The monoisotopic (exact) mass is 476 g/mol. The van der Waals surface area contributed by atoms with Crippen molar-refractivity contribution in [2.75, 3.05) is 37.6 Å². The molecule has 0 unspecified atom stereocenters. The highest BCUT2D eigenvalue weighted by Crippen LogP contribution is 2.36. The lowest BCUT2D eigenvalue weighted by Gasteiger charge is -2.20. The Morgan fingerprint density at radius 3 is 2.53 bits per heavy atom. The van der Waals surface area contributed by atoms with E-state index in [1.165, 1.54) is 19.1 Å². The van der Waals surface area contributed by atoms with Gasteiger partial charge in [0, 0.05) is 29.2 Å². The number of carbonyl (C=O) groups is 3. The lowest BCUT2D eigenvalue weighted by molar-refractivity contribution is -0.151. The molecule has 1 saturated heterocycles. The Bertz CT molecular complexity index is 947. The van der Waals surface area contributed by atoms with Crippen LogP contribution in [0.5, 0.6) is 11.5 Å². The van der Waals surface area contributed by atoms with E-state index in [2.05, 4.69) is 21.2 Å². The maximum absolute atomic E-state index is 12.5. The lowest BCUT2D eigenvalue weighted by Crippen LogP contribution is -2.28. The molecule has 2 amide bonds. The zero-order valence-corrected chi connectivity index (χ0v) is 18.1. The number of halogens is 1. The van der Waals surface area contributed by atoms with Crippen molar-refractivity contribution in [2.45, 2.75) is 6.42 Å². The van der Waals surface area contributed by atoms with Gasteiger partial charge in [0.15, 0.2) is 6.61 Å². The Balaban J connectivity index is 1.57. The van der Waals surface area contributed by atoms with Gasteiger partial charge in [-0.2, -0.15) is 0 Å².